The second kappa shape index (κ2) is 8.79. The van der Waals surface area contributed by atoms with Gasteiger partial charge in [0.2, 0.25) is 0 Å². The molecule has 0 unspecified atom stereocenters. The van der Waals surface area contributed by atoms with Gasteiger partial charge in [0.25, 0.3) is 0 Å². The molecule has 0 aliphatic carbocycles. The van der Waals surface area contributed by atoms with Gasteiger partial charge in [-0.25, -0.2) is 0 Å². The van der Waals surface area contributed by atoms with Gasteiger partial charge in [-0.05, 0) is 29.7 Å². The number of benzene rings is 2. The fourth-order valence-corrected chi connectivity index (χ4v) is 2.23. The maximum Gasteiger partial charge on any atom is 0.309 e. The smallest absolute Gasteiger partial charge is 0.309 e. The summed E-state index contributed by atoms with van der Waals surface area (Å²) in [5.41, 5.74) is 2.04. The normalized spacial score (nSPS) is 11.5. The molecule has 0 N–H and O–H groups in total. The average Bonchev–Trinajstić information content (AvgIpc) is 2.59. The van der Waals surface area contributed by atoms with Crippen molar-refractivity contribution >= 4 is 5.97 Å². The Bertz CT molecular complexity index is 634. The van der Waals surface area contributed by atoms with E-state index in [1.54, 1.807) is 6.08 Å². The van der Waals surface area contributed by atoms with Crippen molar-refractivity contribution in [1.29, 1.82) is 0 Å². The topological polar surface area (TPSA) is 35.5 Å². The Labute approximate surface area is 137 Å². The SMILES string of the molecule is C=CCOc1cccc(C[C@H](C)C(=O)OCc2ccccc2)c1. The van der Waals surface area contributed by atoms with Crippen molar-refractivity contribution < 1.29 is 14.3 Å². The van der Waals surface area contributed by atoms with E-state index < -0.39 is 0 Å². The first kappa shape index (κ1) is 16.8. The molecule has 0 spiro atoms. The van der Waals surface area contributed by atoms with Crippen LogP contribution in [-0.2, 0) is 22.6 Å². The highest BCUT2D eigenvalue weighted by Gasteiger charge is 2.15. The van der Waals surface area contributed by atoms with Gasteiger partial charge in [-0.3, -0.25) is 4.79 Å². The monoisotopic (exact) mass is 310 g/mol. The summed E-state index contributed by atoms with van der Waals surface area (Å²) >= 11 is 0. The van der Waals surface area contributed by atoms with Gasteiger partial charge in [0.15, 0.2) is 0 Å². The maximum atomic E-state index is 12.1. The highest BCUT2D eigenvalue weighted by Crippen LogP contribution is 2.17. The van der Waals surface area contributed by atoms with E-state index in [0.29, 0.717) is 19.6 Å². The number of rotatable bonds is 8. The van der Waals surface area contributed by atoms with E-state index in [-0.39, 0.29) is 11.9 Å². The van der Waals surface area contributed by atoms with Crippen molar-refractivity contribution in [2.45, 2.75) is 20.0 Å². The summed E-state index contributed by atoms with van der Waals surface area (Å²) in [4.78, 5) is 12.1. The third-order valence-corrected chi connectivity index (χ3v) is 3.43. The summed E-state index contributed by atoms with van der Waals surface area (Å²) < 4.78 is 10.9. The van der Waals surface area contributed by atoms with E-state index in [1.807, 2.05) is 61.5 Å². The predicted octanol–water partition coefficient (Wildman–Crippen LogP) is 4.17. The van der Waals surface area contributed by atoms with Crippen LogP contribution in [-0.4, -0.2) is 12.6 Å². The number of carbonyl (C=O) groups excluding carboxylic acids is 1. The largest absolute Gasteiger partial charge is 0.490 e. The van der Waals surface area contributed by atoms with Crippen molar-refractivity contribution in [2.75, 3.05) is 6.61 Å². The molecule has 3 nitrogen and oxygen atoms in total. The zero-order valence-electron chi connectivity index (χ0n) is 13.4. The lowest BCUT2D eigenvalue weighted by Gasteiger charge is -2.12. The lowest BCUT2D eigenvalue weighted by Crippen LogP contribution is -2.17. The third kappa shape index (κ3) is 5.62. The van der Waals surface area contributed by atoms with Crippen LogP contribution in [0.25, 0.3) is 0 Å². The van der Waals surface area contributed by atoms with Crippen LogP contribution in [0.1, 0.15) is 18.1 Å². The maximum absolute atomic E-state index is 12.1. The third-order valence-electron chi connectivity index (χ3n) is 3.43. The Balaban J connectivity index is 1.86. The number of esters is 1. The van der Waals surface area contributed by atoms with E-state index in [9.17, 15) is 4.79 Å². The van der Waals surface area contributed by atoms with Crippen molar-refractivity contribution in [2.24, 2.45) is 5.92 Å². The zero-order chi connectivity index (χ0) is 16.5. The Kier molecular flexibility index (Phi) is 6.42. The summed E-state index contributed by atoms with van der Waals surface area (Å²) in [6, 6.07) is 17.4. The minimum absolute atomic E-state index is 0.189. The Morgan fingerprint density at radius 1 is 1.13 bits per heavy atom. The van der Waals surface area contributed by atoms with Crippen LogP contribution in [0.4, 0.5) is 0 Å². The summed E-state index contributed by atoms with van der Waals surface area (Å²) in [5.74, 6) is 0.395. The summed E-state index contributed by atoms with van der Waals surface area (Å²) in [6.45, 7) is 6.29. The Hall–Kier alpha value is -2.55. The van der Waals surface area contributed by atoms with Crippen molar-refractivity contribution in [3.8, 4) is 5.75 Å². The first-order chi connectivity index (χ1) is 11.2. The van der Waals surface area contributed by atoms with Crippen LogP contribution in [0.5, 0.6) is 5.75 Å². The first-order valence-electron chi connectivity index (χ1n) is 7.72. The molecule has 23 heavy (non-hydrogen) atoms. The molecule has 0 aromatic heterocycles. The van der Waals surface area contributed by atoms with Gasteiger partial charge >= 0.3 is 5.97 Å². The van der Waals surface area contributed by atoms with Crippen LogP contribution in [0.3, 0.4) is 0 Å². The number of hydrogen-bond donors (Lipinski definition) is 0. The molecule has 1 atom stereocenters. The quantitative estimate of drug-likeness (QED) is 0.542. The molecular formula is C20H22O3. The summed E-state index contributed by atoms with van der Waals surface area (Å²) in [6.07, 6.45) is 2.33. The van der Waals surface area contributed by atoms with Gasteiger partial charge < -0.3 is 9.47 Å². The summed E-state index contributed by atoms with van der Waals surface area (Å²) in [7, 11) is 0. The molecule has 3 heteroatoms. The molecule has 120 valence electrons. The lowest BCUT2D eigenvalue weighted by molar-refractivity contribution is -0.149. The number of ether oxygens (including phenoxy) is 2. The highest BCUT2D eigenvalue weighted by atomic mass is 16.5. The van der Waals surface area contributed by atoms with Gasteiger partial charge in [-0.15, -0.1) is 0 Å². The molecule has 2 aromatic carbocycles. The molecule has 0 saturated carbocycles. The second-order valence-corrected chi connectivity index (χ2v) is 5.45. The minimum atomic E-state index is -0.201. The first-order valence-corrected chi connectivity index (χ1v) is 7.72. The zero-order valence-corrected chi connectivity index (χ0v) is 13.4. The fourth-order valence-electron chi connectivity index (χ4n) is 2.23. The molecule has 0 radical (unpaired) electrons. The van der Waals surface area contributed by atoms with Crippen molar-refractivity contribution in [3.05, 3.63) is 78.4 Å². The fraction of sp³-hybridized carbons (Fsp3) is 0.250. The molecule has 0 heterocycles. The van der Waals surface area contributed by atoms with Crippen molar-refractivity contribution in [1.82, 2.24) is 0 Å². The highest BCUT2D eigenvalue weighted by molar-refractivity contribution is 5.72. The number of hydrogen-bond acceptors (Lipinski definition) is 3. The molecule has 0 amide bonds. The molecule has 0 aliphatic heterocycles. The van der Waals surface area contributed by atoms with Gasteiger partial charge in [-0.2, -0.15) is 0 Å². The molecular weight excluding hydrogens is 288 g/mol. The van der Waals surface area contributed by atoms with Gasteiger partial charge in [0.05, 0.1) is 5.92 Å². The molecule has 0 bridgehead atoms. The van der Waals surface area contributed by atoms with Crippen LogP contribution in [0.15, 0.2) is 67.3 Å². The Morgan fingerprint density at radius 3 is 2.61 bits per heavy atom. The van der Waals surface area contributed by atoms with E-state index in [4.69, 9.17) is 9.47 Å². The second-order valence-electron chi connectivity index (χ2n) is 5.45. The van der Waals surface area contributed by atoms with Crippen LogP contribution in [0.2, 0.25) is 0 Å². The van der Waals surface area contributed by atoms with E-state index in [1.165, 1.54) is 0 Å². The van der Waals surface area contributed by atoms with E-state index in [2.05, 4.69) is 6.58 Å². The molecule has 0 aliphatic rings. The van der Waals surface area contributed by atoms with Crippen LogP contribution >= 0.6 is 0 Å². The van der Waals surface area contributed by atoms with Gasteiger partial charge in [-0.1, -0.05) is 62.0 Å². The molecule has 0 saturated heterocycles. The molecule has 0 fully saturated rings. The molecule has 2 rings (SSSR count). The van der Waals surface area contributed by atoms with Gasteiger partial charge in [0.1, 0.15) is 19.0 Å². The predicted molar refractivity (Wildman–Crippen MR) is 91.2 cm³/mol. The number of carbonyl (C=O) groups is 1. The standard InChI is InChI=1S/C20H22O3/c1-3-12-22-19-11-7-10-18(14-19)13-16(2)20(21)23-15-17-8-5-4-6-9-17/h3-11,14,16H,1,12-13,15H2,2H3/t16-/m0/s1. The summed E-state index contributed by atoms with van der Waals surface area (Å²) in [5, 5.41) is 0. The van der Waals surface area contributed by atoms with Gasteiger partial charge in [0, 0.05) is 0 Å². The van der Waals surface area contributed by atoms with E-state index in [0.717, 1.165) is 16.9 Å². The van der Waals surface area contributed by atoms with Crippen LogP contribution in [0, 0.1) is 5.92 Å². The van der Waals surface area contributed by atoms with E-state index >= 15 is 0 Å². The van der Waals surface area contributed by atoms with Crippen LogP contribution < -0.4 is 4.74 Å². The van der Waals surface area contributed by atoms with Crippen molar-refractivity contribution in [3.63, 3.8) is 0 Å². The average molecular weight is 310 g/mol. The molecule has 2 aromatic rings. The lowest BCUT2D eigenvalue weighted by atomic mass is 10.0. The minimum Gasteiger partial charge on any atom is -0.490 e. The Morgan fingerprint density at radius 2 is 1.87 bits per heavy atom.